The zero-order valence-corrected chi connectivity index (χ0v) is 20.3. The number of methoxy groups -OCH3 is 2. The van der Waals surface area contributed by atoms with Gasteiger partial charge in [0.15, 0.2) is 0 Å². The van der Waals surface area contributed by atoms with E-state index in [2.05, 4.69) is 20.3 Å². The second kappa shape index (κ2) is 10.4. The zero-order chi connectivity index (χ0) is 20.2. The third kappa shape index (κ3) is 6.07. The Labute approximate surface area is 196 Å². The Bertz CT molecular complexity index is 990. The smallest absolute Gasteiger partial charge is 0.335 e. The largest absolute Gasteiger partial charge is 0.467 e. The maximum Gasteiger partial charge on any atom is 0.335 e. The van der Waals surface area contributed by atoms with Crippen molar-refractivity contribution in [2.75, 3.05) is 19.5 Å². The number of urea groups is 1. The van der Waals surface area contributed by atoms with Crippen LogP contribution in [0.3, 0.4) is 0 Å². The third-order valence-corrected chi connectivity index (χ3v) is 5.17. The SMILES string of the molecule is COc1nc(C)nc(NC(=O)NS(=O)(=O)C2=CC(I)=CC(=C=O)C2OC)n1.[Na]. The first-order chi connectivity index (χ1) is 12.7. The van der Waals surface area contributed by atoms with Crippen LogP contribution in [0.4, 0.5) is 10.7 Å². The fourth-order valence-electron chi connectivity index (χ4n) is 2.09. The predicted molar refractivity (Wildman–Crippen MR) is 108 cm³/mol. The Kier molecular flexibility index (Phi) is 9.20. The molecular weight excluding hydrogens is 516 g/mol. The van der Waals surface area contributed by atoms with Gasteiger partial charge in [-0.05, 0) is 41.7 Å². The summed E-state index contributed by atoms with van der Waals surface area (Å²) in [6.07, 6.45) is 1.52. The summed E-state index contributed by atoms with van der Waals surface area (Å²) in [5, 5.41) is 2.18. The third-order valence-electron chi connectivity index (χ3n) is 3.14. The molecule has 11 nitrogen and oxygen atoms in total. The molecule has 28 heavy (non-hydrogen) atoms. The molecule has 1 unspecified atom stereocenters. The van der Waals surface area contributed by atoms with E-state index in [9.17, 15) is 18.0 Å². The van der Waals surface area contributed by atoms with Crippen LogP contribution in [0.2, 0.25) is 0 Å². The molecule has 1 aliphatic rings. The molecule has 0 saturated carbocycles. The van der Waals surface area contributed by atoms with E-state index in [0.717, 1.165) is 0 Å². The van der Waals surface area contributed by atoms with E-state index in [1.807, 2.05) is 27.3 Å². The van der Waals surface area contributed by atoms with Crippen LogP contribution in [0, 0.1) is 6.92 Å². The van der Waals surface area contributed by atoms with E-state index in [1.165, 1.54) is 26.4 Å². The number of amides is 2. The Morgan fingerprint density at radius 3 is 2.50 bits per heavy atom. The van der Waals surface area contributed by atoms with E-state index < -0.39 is 22.2 Å². The number of carbonyl (C=O) groups is 1. The summed E-state index contributed by atoms with van der Waals surface area (Å²) in [4.78, 5) is 34.3. The van der Waals surface area contributed by atoms with Gasteiger partial charge in [-0.1, -0.05) is 0 Å². The molecule has 2 amide bonds. The van der Waals surface area contributed by atoms with Crippen molar-refractivity contribution in [1.29, 1.82) is 0 Å². The van der Waals surface area contributed by atoms with Crippen molar-refractivity contribution in [2.45, 2.75) is 13.0 Å². The van der Waals surface area contributed by atoms with Crippen LogP contribution in [0.5, 0.6) is 6.01 Å². The quantitative estimate of drug-likeness (QED) is 0.310. The molecule has 2 N–H and O–H groups in total. The standard InChI is InChI=1S/C14H14IN5O6S.Na/c1-7-16-12(19-14(17-7)26-3)18-13(22)20-27(23,24)10-5-9(15)4-8(6-21)11(10)25-2;/h4-5,11H,1-3H3,(H2,16,17,18,19,20,22);. The summed E-state index contributed by atoms with van der Waals surface area (Å²) in [6, 6.07) is -1.16. The number of hydrogen-bond acceptors (Lipinski definition) is 9. The van der Waals surface area contributed by atoms with Gasteiger partial charge in [0.25, 0.3) is 10.0 Å². The maximum atomic E-state index is 12.6. The van der Waals surface area contributed by atoms with Gasteiger partial charge in [-0.2, -0.15) is 15.0 Å². The van der Waals surface area contributed by atoms with Crippen molar-refractivity contribution in [3.8, 4) is 6.01 Å². The minimum Gasteiger partial charge on any atom is -0.467 e. The molecule has 0 spiro atoms. The van der Waals surface area contributed by atoms with Gasteiger partial charge in [-0.3, -0.25) is 5.32 Å². The molecule has 1 atom stereocenters. The average Bonchev–Trinajstić information content (AvgIpc) is 2.59. The molecule has 0 saturated heterocycles. The summed E-state index contributed by atoms with van der Waals surface area (Å²) in [5.41, 5.74) is -0.0111. The molecule has 0 fully saturated rings. The molecule has 14 heteroatoms. The number of carbonyl (C=O) groups excluding carboxylic acids is 2. The molecule has 1 aliphatic carbocycles. The second-order valence-corrected chi connectivity index (χ2v) is 7.93. The Morgan fingerprint density at radius 2 is 1.93 bits per heavy atom. The van der Waals surface area contributed by atoms with Crippen LogP contribution in [0.15, 0.2) is 26.2 Å². The van der Waals surface area contributed by atoms with Gasteiger partial charge in [-0.25, -0.2) is 22.7 Å². The van der Waals surface area contributed by atoms with Crippen LogP contribution < -0.4 is 14.8 Å². The number of nitrogens with one attached hydrogen (secondary N) is 2. The van der Waals surface area contributed by atoms with Crippen molar-refractivity contribution >= 4 is 80.1 Å². The summed E-state index contributed by atoms with van der Waals surface area (Å²) in [6.45, 7) is 1.54. The van der Waals surface area contributed by atoms with Crippen molar-refractivity contribution in [2.24, 2.45) is 0 Å². The van der Waals surface area contributed by atoms with Crippen LogP contribution in [-0.2, 0) is 19.6 Å². The topological polar surface area (TPSA) is 149 Å². The van der Waals surface area contributed by atoms with E-state index in [0.29, 0.717) is 3.58 Å². The van der Waals surface area contributed by atoms with Crippen molar-refractivity contribution in [1.82, 2.24) is 19.7 Å². The summed E-state index contributed by atoms with van der Waals surface area (Å²) in [5.74, 6) is 1.70. The van der Waals surface area contributed by atoms with Crippen LogP contribution in [0.25, 0.3) is 0 Å². The normalized spacial score (nSPS) is 16.1. The predicted octanol–water partition coefficient (Wildman–Crippen LogP) is 0.249. The monoisotopic (exact) mass is 530 g/mol. The van der Waals surface area contributed by atoms with Crippen LogP contribution in [0.1, 0.15) is 5.82 Å². The molecule has 0 bridgehead atoms. The number of hydrogen-bond donors (Lipinski definition) is 2. The fourth-order valence-corrected chi connectivity index (χ4v) is 4.17. The van der Waals surface area contributed by atoms with Gasteiger partial charge < -0.3 is 9.47 Å². The van der Waals surface area contributed by atoms with Crippen molar-refractivity contribution < 1.29 is 27.5 Å². The van der Waals surface area contributed by atoms with Crippen LogP contribution in [-0.4, -0.2) is 85.2 Å². The summed E-state index contributed by atoms with van der Waals surface area (Å²) in [7, 11) is -1.78. The van der Waals surface area contributed by atoms with Gasteiger partial charge in [0, 0.05) is 40.2 Å². The number of anilines is 1. The molecule has 145 valence electrons. The van der Waals surface area contributed by atoms with E-state index in [1.54, 1.807) is 12.9 Å². The van der Waals surface area contributed by atoms with E-state index in [-0.39, 0.29) is 57.8 Å². The van der Waals surface area contributed by atoms with Crippen molar-refractivity contribution in [3.63, 3.8) is 0 Å². The number of halogens is 1. The average molecular weight is 530 g/mol. The number of aromatic nitrogens is 3. The first-order valence-electron chi connectivity index (χ1n) is 7.17. The van der Waals surface area contributed by atoms with Gasteiger partial charge in [0.05, 0.1) is 17.6 Å². The molecular formula is C14H14IN5NaO6S. The van der Waals surface area contributed by atoms with E-state index >= 15 is 0 Å². The van der Waals surface area contributed by atoms with Crippen molar-refractivity contribution in [3.05, 3.63) is 32.0 Å². The van der Waals surface area contributed by atoms with Gasteiger partial charge >= 0.3 is 12.0 Å². The number of allylic oxidation sites excluding steroid dienone is 2. The van der Waals surface area contributed by atoms with E-state index in [4.69, 9.17) is 9.47 Å². The molecule has 0 aliphatic heterocycles. The first-order valence-corrected chi connectivity index (χ1v) is 9.73. The molecule has 0 aromatic carbocycles. The van der Waals surface area contributed by atoms with Gasteiger partial charge in [-0.15, -0.1) is 0 Å². The fraction of sp³-hybridized carbons (Fsp3) is 0.286. The number of ether oxygens (including phenoxy) is 2. The first kappa shape index (κ1) is 24.7. The Hall–Kier alpha value is -1.35. The minimum absolute atomic E-state index is 0. The number of sulfonamides is 1. The second-order valence-electron chi connectivity index (χ2n) is 5.00. The molecule has 1 radical (unpaired) electrons. The molecule has 2 rings (SSSR count). The summed E-state index contributed by atoms with van der Waals surface area (Å²) < 4.78 is 37.4. The number of rotatable bonds is 5. The molecule has 1 aromatic rings. The Morgan fingerprint density at radius 1 is 1.25 bits per heavy atom. The number of nitrogens with zero attached hydrogens (tertiary/aromatic N) is 3. The summed E-state index contributed by atoms with van der Waals surface area (Å²) >= 11 is 1.84. The van der Waals surface area contributed by atoms with Crippen LogP contribution >= 0.6 is 22.6 Å². The number of aryl methyl sites for hydroxylation is 1. The molecule has 1 heterocycles. The minimum atomic E-state index is -4.34. The maximum absolute atomic E-state index is 12.6. The van der Waals surface area contributed by atoms with Gasteiger partial charge in [0.2, 0.25) is 5.95 Å². The zero-order valence-electron chi connectivity index (χ0n) is 15.3. The molecule has 1 aromatic heterocycles. The Balaban J connectivity index is 0.00000392. The van der Waals surface area contributed by atoms with Gasteiger partial charge in [0.1, 0.15) is 17.9 Å².